The highest BCUT2D eigenvalue weighted by molar-refractivity contribution is 7.98. The standard InChI is InChI=1S/C47H83N13O13S2/c1-24(2)23-32(42(68)55-28(13-15-34(49)61)39(65)54-29(14-16-35(62)63)41(67)58-36(25(3)4)44(70)59-37(26(5)6)46(72)73)57-43(69)33-12-10-20-60(33)45(71)31(18-22-75-8)56-40(66)30(17-21-74-7)53-38(64)27(48)11-9-19-52-47(50)51/h24-33,36-37H,9-23,48H2,1-8H3,(H2,49,61)(H,53,64)(H,54,65)(H,55,68)(H,56,66)(H,57,69)(H,58,67)(H,59,70)(H,62,63)(H,72,73)(H4,50,51,52)/t27-,28-,29-,30-,31-,32-,33-,36-,37-/m0/s1. The summed E-state index contributed by atoms with van der Waals surface area (Å²) in [6, 6.07) is -11.4. The molecule has 0 bridgehead atoms. The van der Waals surface area contributed by atoms with Gasteiger partial charge >= 0.3 is 11.9 Å². The van der Waals surface area contributed by atoms with Crippen LogP contribution in [0.25, 0.3) is 0 Å². The number of carbonyl (C=O) groups is 11. The molecule has 28 heteroatoms. The number of nitrogens with one attached hydrogen (secondary N) is 7. The molecule has 1 fully saturated rings. The number of amides is 9. The highest BCUT2D eigenvalue weighted by Gasteiger charge is 2.41. The van der Waals surface area contributed by atoms with Crippen molar-refractivity contribution in [3.05, 3.63) is 0 Å². The molecule has 1 rings (SSSR count). The summed E-state index contributed by atoms with van der Waals surface area (Å²) >= 11 is 2.87. The fourth-order valence-electron chi connectivity index (χ4n) is 7.86. The van der Waals surface area contributed by atoms with E-state index in [4.69, 9.17) is 22.9 Å². The number of aliphatic imine (C=N–C) groups is 1. The molecule has 1 heterocycles. The third-order valence-corrected chi connectivity index (χ3v) is 13.3. The van der Waals surface area contributed by atoms with Crippen molar-refractivity contribution in [2.24, 2.45) is 45.7 Å². The van der Waals surface area contributed by atoms with Crippen LogP contribution in [-0.2, 0) is 52.7 Å². The lowest BCUT2D eigenvalue weighted by Crippen LogP contribution is -2.61. The summed E-state index contributed by atoms with van der Waals surface area (Å²) in [5.41, 5.74) is 22.3. The smallest absolute Gasteiger partial charge is 0.326 e. The largest absolute Gasteiger partial charge is 0.481 e. The average Bonchev–Trinajstić information content (AvgIpc) is 3.83. The van der Waals surface area contributed by atoms with Crippen LogP contribution in [0, 0.1) is 17.8 Å². The van der Waals surface area contributed by atoms with Gasteiger partial charge in [-0.2, -0.15) is 23.5 Å². The molecular formula is C47H83N13O13S2. The summed E-state index contributed by atoms with van der Waals surface area (Å²) in [5, 5.41) is 37.2. The maximum atomic E-state index is 14.4. The molecule has 0 unspecified atom stereocenters. The van der Waals surface area contributed by atoms with Crippen molar-refractivity contribution >= 4 is 94.6 Å². The second kappa shape index (κ2) is 34.6. The Kier molecular flexibility index (Phi) is 31.0. The molecule has 426 valence electrons. The van der Waals surface area contributed by atoms with Crippen molar-refractivity contribution in [1.29, 1.82) is 0 Å². The summed E-state index contributed by atoms with van der Waals surface area (Å²) in [7, 11) is 0. The third-order valence-electron chi connectivity index (χ3n) is 12.0. The van der Waals surface area contributed by atoms with Gasteiger partial charge in [0.25, 0.3) is 0 Å². The van der Waals surface area contributed by atoms with Crippen LogP contribution in [-0.4, -0.2) is 178 Å². The number of hydrogen-bond donors (Lipinski definition) is 13. The predicted molar refractivity (Wildman–Crippen MR) is 284 cm³/mol. The Morgan fingerprint density at radius 1 is 0.600 bits per heavy atom. The van der Waals surface area contributed by atoms with Crippen molar-refractivity contribution in [2.45, 2.75) is 167 Å². The minimum atomic E-state index is -1.62. The van der Waals surface area contributed by atoms with Crippen LogP contribution in [0.1, 0.15) is 112 Å². The molecule has 1 aliphatic rings. The van der Waals surface area contributed by atoms with Gasteiger partial charge in [0.05, 0.1) is 6.04 Å². The van der Waals surface area contributed by atoms with Crippen LogP contribution in [0.2, 0.25) is 0 Å². The Morgan fingerprint density at radius 3 is 1.57 bits per heavy atom. The maximum Gasteiger partial charge on any atom is 0.326 e. The zero-order valence-electron chi connectivity index (χ0n) is 44.4. The molecule has 0 radical (unpaired) electrons. The van der Waals surface area contributed by atoms with Crippen molar-refractivity contribution in [3.63, 3.8) is 0 Å². The summed E-state index contributed by atoms with van der Waals surface area (Å²) in [5.74, 6) is -10.3. The lowest BCUT2D eigenvalue weighted by atomic mass is 9.99. The van der Waals surface area contributed by atoms with Crippen LogP contribution >= 0.6 is 23.5 Å². The highest BCUT2D eigenvalue weighted by atomic mass is 32.2. The zero-order chi connectivity index (χ0) is 57.1. The van der Waals surface area contributed by atoms with Crippen molar-refractivity contribution in [1.82, 2.24) is 42.1 Å². The minimum absolute atomic E-state index is 0.0275. The number of aliphatic carboxylic acids is 2. The van der Waals surface area contributed by atoms with Gasteiger partial charge in [-0.3, -0.25) is 52.9 Å². The van der Waals surface area contributed by atoms with E-state index in [1.807, 2.05) is 12.5 Å². The topological polar surface area (TPSA) is 432 Å². The van der Waals surface area contributed by atoms with E-state index in [2.05, 4.69) is 42.2 Å². The lowest BCUT2D eigenvalue weighted by Gasteiger charge is -2.31. The molecule has 1 saturated heterocycles. The summed E-state index contributed by atoms with van der Waals surface area (Å²) in [6.45, 7) is 10.2. The Labute approximate surface area is 447 Å². The molecule has 0 spiro atoms. The van der Waals surface area contributed by atoms with E-state index >= 15 is 0 Å². The van der Waals surface area contributed by atoms with E-state index in [9.17, 15) is 63.0 Å². The second-order valence-electron chi connectivity index (χ2n) is 19.5. The van der Waals surface area contributed by atoms with Crippen LogP contribution in [0.5, 0.6) is 0 Å². The van der Waals surface area contributed by atoms with Gasteiger partial charge in [0, 0.05) is 25.9 Å². The average molecular weight is 1100 g/mol. The van der Waals surface area contributed by atoms with E-state index in [0.717, 1.165) is 0 Å². The van der Waals surface area contributed by atoms with Crippen LogP contribution in [0.15, 0.2) is 4.99 Å². The number of carboxylic acids is 2. The quantitative estimate of drug-likeness (QED) is 0.0180. The number of rotatable bonds is 36. The SMILES string of the molecule is CSCC[C@H](NC(=O)[C@@H](N)CCCN=C(N)N)C(=O)N[C@@H](CCSC)C(=O)N1CCC[C@H]1C(=O)N[C@@H](CC(C)C)C(=O)N[C@@H](CCC(N)=O)C(=O)N[C@@H](CCC(=O)O)C(=O)N[C@H](C(=O)N[C@H](C(=O)O)C(C)C)C(C)C. The lowest BCUT2D eigenvalue weighted by molar-refractivity contribution is -0.144. The Morgan fingerprint density at radius 2 is 1.08 bits per heavy atom. The number of carbonyl (C=O) groups excluding carboxylic acids is 9. The number of carboxylic acid groups (broad SMARTS) is 2. The molecular weight excluding hydrogens is 1020 g/mol. The highest BCUT2D eigenvalue weighted by Crippen LogP contribution is 2.21. The maximum absolute atomic E-state index is 14.4. The second-order valence-corrected chi connectivity index (χ2v) is 21.5. The minimum Gasteiger partial charge on any atom is -0.481 e. The van der Waals surface area contributed by atoms with E-state index < -0.39 is 157 Å². The number of primary amides is 1. The Hall–Kier alpha value is -5.90. The molecule has 9 atom stereocenters. The summed E-state index contributed by atoms with van der Waals surface area (Å²) in [6.07, 6.45) is 3.37. The Bertz CT molecular complexity index is 1990. The predicted octanol–water partition coefficient (Wildman–Crippen LogP) is -2.17. The molecule has 0 aromatic heterocycles. The summed E-state index contributed by atoms with van der Waals surface area (Å²) < 4.78 is 0. The van der Waals surface area contributed by atoms with Crippen molar-refractivity contribution < 1.29 is 63.0 Å². The molecule has 0 aromatic carbocycles. The van der Waals surface area contributed by atoms with Crippen LogP contribution in [0.3, 0.4) is 0 Å². The monoisotopic (exact) mass is 1100 g/mol. The Balaban J connectivity index is 3.42. The van der Waals surface area contributed by atoms with Gasteiger partial charge in [-0.25, -0.2) is 4.79 Å². The molecule has 0 saturated carbocycles. The first-order chi connectivity index (χ1) is 35.1. The van der Waals surface area contributed by atoms with Gasteiger partial charge in [0.2, 0.25) is 53.2 Å². The van der Waals surface area contributed by atoms with Crippen LogP contribution in [0.4, 0.5) is 0 Å². The van der Waals surface area contributed by atoms with Gasteiger partial charge in [-0.05, 0) is 99.6 Å². The first kappa shape index (κ1) is 67.1. The first-order valence-electron chi connectivity index (χ1n) is 25.1. The van der Waals surface area contributed by atoms with Gasteiger partial charge in [0.15, 0.2) is 5.96 Å². The number of thioether (sulfide) groups is 2. The summed E-state index contributed by atoms with van der Waals surface area (Å²) in [4.78, 5) is 151. The fraction of sp³-hybridized carbons (Fsp3) is 0.745. The first-order valence-corrected chi connectivity index (χ1v) is 27.9. The number of likely N-dealkylation sites (tertiary alicyclic amines) is 1. The molecule has 26 nitrogen and oxygen atoms in total. The van der Waals surface area contributed by atoms with Gasteiger partial charge in [-0.15, -0.1) is 0 Å². The normalized spacial score (nSPS) is 16.5. The van der Waals surface area contributed by atoms with E-state index in [-0.39, 0.29) is 57.1 Å². The van der Waals surface area contributed by atoms with Gasteiger partial charge in [0.1, 0.15) is 48.3 Å². The number of nitrogens with two attached hydrogens (primary N) is 4. The van der Waals surface area contributed by atoms with E-state index in [1.165, 1.54) is 28.4 Å². The van der Waals surface area contributed by atoms with Gasteiger partial charge in [-0.1, -0.05) is 41.5 Å². The van der Waals surface area contributed by atoms with Crippen molar-refractivity contribution in [2.75, 3.05) is 37.1 Å². The molecule has 0 aromatic rings. The molecule has 9 amide bonds. The van der Waals surface area contributed by atoms with Crippen LogP contribution < -0.4 is 60.2 Å². The number of guanidine groups is 1. The molecule has 1 aliphatic heterocycles. The fourth-order valence-corrected chi connectivity index (χ4v) is 8.80. The number of nitrogens with zero attached hydrogens (tertiary/aromatic N) is 2. The molecule has 0 aliphatic carbocycles. The third kappa shape index (κ3) is 25.0. The van der Waals surface area contributed by atoms with E-state index in [0.29, 0.717) is 24.3 Å². The molecule has 75 heavy (non-hydrogen) atoms. The van der Waals surface area contributed by atoms with Crippen molar-refractivity contribution in [3.8, 4) is 0 Å². The molecule has 17 N–H and O–H groups in total. The van der Waals surface area contributed by atoms with E-state index in [1.54, 1.807) is 41.5 Å². The number of hydrogen-bond acceptors (Lipinski definition) is 15. The van der Waals surface area contributed by atoms with Gasteiger partial charge < -0.3 is 75.3 Å². The zero-order valence-corrected chi connectivity index (χ0v) is 46.1.